The third kappa shape index (κ3) is 1.75. The smallest absolute Gasteiger partial charge is 0.403 e. The molecule has 5 rings (SSSR count). The first-order valence-electron chi connectivity index (χ1n) is 7.91. The average Bonchev–Trinajstić information content (AvgIpc) is 2.49. The normalized spacial score (nSPS) is 37.6. The Kier molecular flexibility index (Phi) is 2.78. The van der Waals surface area contributed by atoms with Crippen LogP contribution in [0.2, 0.25) is 10.3 Å². The van der Waals surface area contributed by atoms with Gasteiger partial charge in [0, 0.05) is 10.3 Å². The lowest BCUT2D eigenvalue weighted by molar-refractivity contribution is -0.0406. The van der Waals surface area contributed by atoms with Crippen LogP contribution in [0.3, 0.4) is 0 Å². The van der Waals surface area contributed by atoms with Crippen molar-refractivity contribution in [3.8, 4) is 0 Å². The van der Waals surface area contributed by atoms with Crippen LogP contribution in [0.15, 0.2) is 18.2 Å². The summed E-state index contributed by atoms with van der Waals surface area (Å²) >= 11 is 6.04. The van der Waals surface area contributed by atoms with E-state index in [-0.39, 0.29) is 34.9 Å². The van der Waals surface area contributed by atoms with Crippen LogP contribution in [0.4, 0.5) is 4.39 Å². The van der Waals surface area contributed by atoms with E-state index in [1.165, 1.54) is 6.07 Å². The molecule has 1 aromatic rings. The van der Waals surface area contributed by atoms with Crippen LogP contribution in [-0.4, -0.2) is 18.3 Å². The number of hydrogen-bond acceptors (Lipinski definition) is 2. The Balaban J connectivity index is 1.54. The molecule has 0 atom stereocenters. The maximum absolute atomic E-state index is 14.1. The maximum atomic E-state index is 14.1. The zero-order chi connectivity index (χ0) is 16.0. The molecule has 0 amide bonds. The van der Waals surface area contributed by atoms with E-state index < -0.39 is 0 Å². The summed E-state index contributed by atoms with van der Waals surface area (Å²) in [6.45, 7) is 8.30. The molecular formula is C17H21BClFO2. The van der Waals surface area contributed by atoms with Crippen molar-refractivity contribution in [2.45, 2.75) is 68.9 Å². The van der Waals surface area contributed by atoms with Gasteiger partial charge in [-0.25, -0.2) is 4.39 Å². The van der Waals surface area contributed by atoms with Crippen LogP contribution in [0.25, 0.3) is 0 Å². The molecule has 0 radical (unpaired) electrons. The van der Waals surface area contributed by atoms with Gasteiger partial charge in [-0.3, -0.25) is 0 Å². The van der Waals surface area contributed by atoms with Gasteiger partial charge in [0.2, 0.25) is 0 Å². The highest BCUT2D eigenvalue weighted by atomic mass is 35.5. The Morgan fingerprint density at radius 1 is 1.05 bits per heavy atom. The van der Waals surface area contributed by atoms with E-state index in [9.17, 15) is 4.39 Å². The number of benzene rings is 1. The zero-order valence-electron chi connectivity index (χ0n) is 13.5. The van der Waals surface area contributed by atoms with Crippen molar-refractivity contribution in [3.05, 3.63) is 34.6 Å². The van der Waals surface area contributed by atoms with Crippen molar-refractivity contribution in [1.29, 1.82) is 0 Å². The molecule has 3 aliphatic carbocycles. The standard InChI is InChI=1S/C17H21BClFO2/c1-14(2)15(3,4)22-18(21-14)17-8-16(9-17,10-17)12-7-11(19)5-6-13(12)20/h5-7H,8-10H2,1-4H3. The summed E-state index contributed by atoms with van der Waals surface area (Å²) in [5, 5.41) is 0.658. The van der Waals surface area contributed by atoms with Gasteiger partial charge in [0.25, 0.3) is 0 Å². The first-order chi connectivity index (χ1) is 10.1. The molecule has 1 aliphatic heterocycles. The quantitative estimate of drug-likeness (QED) is 0.732. The van der Waals surface area contributed by atoms with Crippen molar-refractivity contribution < 1.29 is 13.7 Å². The van der Waals surface area contributed by atoms with Crippen LogP contribution in [0.1, 0.15) is 52.5 Å². The van der Waals surface area contributed by atoms with E-state index in [0.717, 1.165) is 24.8 Å². The Morgan fingerprint density at radius 2 is 1.59 bits per heavy atom. The third-order valence-corrected chi connectivity index (χ3v) is 6.56. The van der Waals surface area contributed by atoms with Crippen molar-refractivity contribution >= 4 is 18.7 Å². The summed E-state index contributed by atoms with van der Waals surface area (Å²) in [6.07, 6.45) is 2.77. The summed E-state index contributed by atoms with van der Waals surface area (Å²) in [4.78, 5) is 0. The molecule has 4 aliphatic rings. The number of rotatable bonds is 2. The lowest BCUT2D eigenvalue weighted by Gasteiger charge is -2.71. The average molecular weight is 323 g/mol. The van der Waals surface area contributed by atoms with E-state index in [1.54, 1.807) is 12.1 Å². The minimum absolute atomic E-state index is 0.0554. The van der Waals surface area contributed by atoms with Crippen LogP contribution >= 0.6 is 11.6 Å². The second-order valence-electron chi connectivity index (χ2n) is 8.39. The fraction of sp³-hybridized carbons (Fsp3) is 0.647. The van der Waals surface area contributed by atoms with Gasteiger partial charge < -0.3 is 9.31 Å². The first-order valence-corrected chi connectivity index (χ1v) is 8.28. The van der Waals surface area contributed by atoms with Crippen LogP contribution in [0, 0.1) is 5.82 Å². The van der Waals surface area contributed by atoms with Crippen molar-refractivity contribution in [2.75, 3.05) is 0 Å². The molecular weight excluding hydrogens is 301 g/mol. The van der Waals surface area contributed by atoms with Crippen LogP contribution < -0.4 is 0 Å². The van der Waals surface area contributed by atoms with E-state index in [0.29, 0.717) is 5.02 Å². The van der Waals surface area contributed by atoms with Gasteiger partial charge in [-0.05, 0) is 76.1 Å². The molecule has 118 valence electrons. The largest absolute Gasteiger partial charge is 0.464 e. The van der Waals surface area contributed by atoms with Crippen molar-refractivity contribution in [1.82, 2.24) is 0 Å². The Labute approximate surface area is 136 Å². The molecule has 5 heteroatoms. The summed E-state index contributed by atoms with van der Waals surface area (Å²) < 4.78 is 26.5. The van der Waals surface area contributed by atoms with E-state index in [2.05, 4.69) is 27.7 Å². The Bertz CT molecular complexity index is 622. The van der Waals surface area contributed by atoms with Crippen molar-refractivity contribution in [3.63, 3.8) is 0 Å². The van der Waals surface area contributed by atoms with Gasteiger partial charge in [0.05, 0.1) is 11.2 Å². The van der Waals surface area contributed by atoms with Gasteiger partial charge in [0.15, 0.2) is 0 Å². The second-order valence-corrected chi connectivity index (χ2v) is 8.82. The van der Waals surface area contributed by atoms with E-state index >= 15 is 0 Å². The Hall–Kier alpha value is -0.575. The SMILES string of the molecule is CC1(C)OB(C23CC(c4cc(Cl)ccc4F)(C2)C3)OC1(C)C. The first kappa shape index (κ1) is 15.0. The molecule has 1 saturated heterocycles. The molecule has 2 nitrogen and oxygen atoms in total. The van der Waals surface area contributed by atoms with Crippen LogP contribution in [-0.2, 0) is 14.7 Å². The Morgan fingerprint density at radius 3 is 2.14 bits per heavy atom. The minimum Gasteiger partial charge on any atom is -0.403 e. The summed E-state index contributed by atoms with van der Waals surface area (Å²) in [6, 6.07) is 4.86. The molecule has 0 spiro atoms. The van der Waals surface area contributed by atoms with Gasteiger partial charge in [-0.2, -0.15) is 0 Å². The molecule has 22 heavy (non-hydrogen) atoms. The van der Waals surface area contributed by atoms with Gasteiger partial charge >= 0.3 is 7.12 Å². The lowest BCUT2D eigenvalue weighted by Crippen LogP contribution is -2.66. The predicted molar refractivity (Wildman–Crippen MR) is 85.7 cm³/mol. The molecule has 0 unspecified atom stereocenters. The molecule has 0 aromatic heterocycles. The highest BCUT2D eigenvalue weighted by Gasteiger charge is 2.77. The van der Waals surface area contributed by atoms with E-state index in [1.807, 2.05) is 0 Å². The monoisotopic (exact) mass is 322 g/mol. The highest BCUT2D eigenvalue weighted by Crippen LogP contribution is 2.81. The third-order valence-electron chi connectivity index (χ3n) is 6.32. The minimum atomic E-state index is -0.304. The number of hydrogen-bond donors (Lipinski definition) is 0. The summed E-state index contributed by atoms with van der Waals surface area (Å²) in [5.74, 6) is -0.147. The summed E-state index contributed by atoms with van der Waals surface area (Å²) in [5.41, 5.74) is 0.0974. The lowest BCUT2D eigenvalue weighted by atomic mass is 9.23. The fourth-order valence-corrected chi connectivity index (χ4v) is 4.57. The number of halogens is 2. The molecule has 1 heterocycles. The molecule has 1 aromatic carbocycles. The maximum Gasteiger partial charge on any atom is 0.464 e. The molecule has 3 saturated carbocycles. The second kappa shape index (κ2) is 4.09. The van der Waals surface area contributed by atoms with E-state index in [4.69, 9.17) is 20.9 Å². The highest BCUT2D eigenvalue weighted by molar-refractivity contribution is 6.51. The van der Waals surface area contributed by atoms with Crippen molar-refractivity contribution in [2.24, 2.45) is 0 Å². The fourth-order valence-electron chi connectivity index (χ4n) is 4.40. The van der Waals surface area contributed by atoms with Gasteiger partial charge in [0.1, 0.15) is 5.82 Å². The molecule has 0 N–H and O–H groups in total. The molecule has 4 fully saturated rings. The van der Waals surface area contributed by atoms with Crippen LogP contribution in [0.5, 0.6) is 0 Å². The van der Waals surface area contributed by atoms with Gasteiger partial charge in [-0.15, -0.1) is 0 Å². The summed E-state index contributed by atoms with van der Waals surface area (Å²) in [7, 11) is -0.179. The zero-order valence-corrected chi connectivity index (χ0v) is 14.3. The van der Waals surface area contributed by atoms with Gasteiger partial charge in [-0.1, -0.05) is 11.6 Å². The predicted octanol–water partition coefficient (Wildman–Crippen LogP) is 4.75. The molecule has 2 bridgehead atoms. The topological polar surface area (TPSA) is 18.5 Å².